The topological polar surface area (TPSA) is 45.7 Å². The number of likely N-dealkylation sites (N-methyl/N-ethyl adjacent to an activating group) is 1. The third-order valence-corrected chi connectivity index (χ3v) is 6.35. The molecule has 148 valence electrons. The normalized spacial score (nSPS) is 11.2. The first-order valence-corrected chi connectivity index (χ1v) is 10.9. The smallest absolute Gasteiger partial charge is 0.239 e. The van der Waals surface area contributed by atoms with E-state index >= 15 is 0 Å². The lowest BCUT2D eigenvalue weighted by molar-refractivity contribution is -0.116. The Bertz CT molecular complexity index is 944. The molecule has 1 heterocycles. The molecule has 3 aromatic rings. The van der Waals surface area contributed by atoms with Gasteiger partial charge in [0.1, 0.15) is 5.75 Å². The first-order chi connectivity index (χ1) is 13.5. The van der Waals surface area contributed by atoms with Gasteiger partial charge in [0, 0.05) is 23.0 Å². The minimum Gasteiger partial charge on any atom is -0.497 e. The van der Waals surface area contributed by atoms with Gasteiger partial charge < -0.3 is 9.64 Å². The fourth-order valence-electron chi connectivity index (χ4n) is 2.52. The summed E-state index contributed by atoms with van der Waals surface area (Å²) < 4.78 is 6.30. The van der Waals surface area contributed by atoms with Crippen molar-refractivity contribution in [3.05, 3.63) is 47.5 Å². The van der Waals surface area contributed by atoms with Gasteiger partial charge in [-0.2, -0.15) is 0 Å². The predicted molar refractivity (Wildman–Crippen MR) is 119 cm³/mol. The molecule has 8 heteroatoms. The van der Waals surface area contributed by atoms with E-state index in [1.165, 1.54) is 23.1 Å². The maximum absolute atomic E-state index is 13.0. The number of rotatable bonds is 8. The Balaban J connectivity index is 1.79. The summed E-state index contributed by atoms with van der Waals surface area (Å²) in [4.78, 5) is 22.5. The van der Waals surface area contributed by atoms with Crippen LogP contribution in [0.5, 0.6) is 5.75 Å². The molecule has 0 fully saturated rings. The number of hydrogen-bond acceptors (Lipinski definition) is 6. The van der Waals surface area contributed by atoms with Crippen molar-refractivity contribution < 1.29 is 9.53 Å². The van der Waals surface area contributed by atoms with Crippen molar-refractivity contribution in [3.63, 3.8) is 0 Å². The Kier molecular flexibility index (Phi) is 7.18. The monoisotopic (exact) mass is 435 g/mol. The molecule has 3 rings (SSSR count). The molecule has 0 aliphatic heterocycles. The van der Waals surface area contributed by atoms with Gasteiger partial charge in [-0.05, 0) is 56.6 Å². The van der Waals surface area contributed by atoms with Gasteiger partial charge in [-0.3, -0.25) is 9.69 Å². The molecule has 0 saturated heterocycles. The predicted octanol–water partition coefficient (Wildman–Crippen LogP) is 4.65. The zero-order valence-corrected chi connectivity index (χ0v) is 18.4. The average Bonchev–Trinajstić information content (AvgIpc) is 3.10. The van der Waals surface area contributed by atoms with Crippen LogP contribution in [0, 0.1) is 0 Å². The summed E-state index contributed by atoms with van der Waals surface area (Å²) in [7, 11) is 5.63. The molecule has 1 amide bonds. The number of halogens is 1. The number of methoxy groups -OCH3 is 1. The number of benzene rings is 2. The molecule has 0 N–H and O–H groups in total. The van der Waals surface area contributed by atoms with Gasteiger partial charge in [0.2, 0.25) is 5.91 Å². The Hall–Kier alpha value is -1.80. The van der Waals surface area contributed by atoms with Crippen molar-refractivity contribution in [2.75, 3.05) is 44.9 Å². The van der Waals surface area contributed by atoms with Crippen molar-refractivity contribution >= 4 is 56.0 Å². The van der Waals surface area contributed by atoms with Gasteiger partial charge in [-0.25, -0.2) is 4.98 Å². The molecule has 0 aliphatic rings. The second-order valence-electron chi connectivity index (χ2n) is 6.42. The summed E-state index contributed by atoms with van der Waals surface area (Å²) >= 11 is 8.94. The van der Waals surface area contributed by atoms with E-state index in [9.17, 15) is 4.79 Å². The van der Waals surface area contributed by atoms with E-state index in [-0.39, 0.29) is 5.91 Å². The van der Waals surface area contributed by atoms with Crippen LogP contribution in [-0.4, -0.2) is 55.8 Å². The number of ether oxygens (including phenoxy) is 1. The van der Waals surface area contributed by atoms with Gasteiger partial charge in [-0.15, -0.1) is 11.8 Å². The van der Waals surface area contributed by atoms with Crippen molar-refractivity contribution in [1.82, 2.24) is 9.88 Å². The van der Waals surface area contributed by atoms with E-state index < -0.39 is 0 Å². The number of hydrogen-bond donors (Lipinski definition) is 0. The summed E-state index contributed by atoms with van der Waals surface area (Å²) in [6.07, 6.45) is 0. The van der Waals surface area contributed by atoms with E-state index in [1.807, 2.05) is 56.6 Å². The van der Waals surface area contributed by atoms with Crippen molar-refractivity contribution in [3.8, 4) is 5.75 Å². The lowest BCUT2D eigenvalue weighted by atomic mass is 10.3. The van der Waals surface area contributed by atoms with Crippen molar-refractivity contribution in [2.45, 2.75) is 4.90 Å². The van der Waals surface area contributed by atoms with E-state index in [2.05, 4.69) is 9.88 Å². The first kappa shape index (κ1) is 20.9. The number of thiazole rings is 1. The molecule has 0 saturated carbocycles. The second kappa shape index (κ2) is 9.60. The SMILES string of the molecule is COc1ccc2nc(N(CCN(C)C)C(=O)CSc3ccc(Cl)cc3)sc2c1. The highest BCUT2D eigenvalue weighted by molar-refractivity contribution is 8.00. The number of amides is 1. The van der Waals surface area contributed by atoms with Gasteiger partial charge >= 0.3 is 0 Å². The van der Waals surface area contributed by atoms with E-state index in [0.29, 0.717) is 22.5 Å². The molecular formula is C20H22ClN3O2S2. The largest absolute Gasteiger partial charge is 0.497 e. The summed E-state index contributed by atoms with van der Waals surface area (Å²) in [6, 6.07) is 13.3. The molecule has 5 nitrogen and oxygen atoms in total. The van der Waals surface area contributed by atoms with Crippen LogP contribution in [0.1, 0.15) is 0 Å². The van der Waals surface area contributed by atoms with E-state index in [1.54, 1.807) is 12.0 Å². The van der Waals surface area contributed by atoms with Crippen LogP contribution in [0.4, 0.5) is 5.13 Å². The van der Waals surface area contributed by atoms with Crippen LogP contribution < -0.4 is 9.64 Å². The number of carbonyl (C=O) groups excluding carboxylic acids is 1. The maximum atomic E-state index is 13.0. The van der Waals surface area contributed by atoms with Gasteiger partial charge in [0.15, 0.2) is 5.13 Å². The zero-order chi connectivity index (χ0) is 20.1. The Labute approximate surface area is 178 Å². The average molecular weight is 436 g/mol. The lowest BCUT2D eigenvalue weighted by Crippen LogP contribution is -2.37. The second-order valence-corrected chi connectivity index (χ2v) is 8.92. The highest BCUT2D eigenvalue weighted by Crippen LogP contribution is 2.32. The summed E-state index contributed by atoms with van der Waals surface area (Å²) in [5.74, 6) is 1.16. The van der Waals surface area contributed by atoms with Crippen molar-refractivity contribution in [2.24, 2.45) is 0 Å². The van der Waals surface area contributed by atoms with Gasteiger partial charge in [0.25, 0.3) is 0 Å². The third-order valence-electron chi connectivity index (χ3n) is 4.06. The molecule has 2 aromatic carbocycles. The minimum absolute atomic E-state index is 0.0350. The van der Waals surface area contributed by atoms with E-state index in [0.717, 1.165) is 27.4 Å². The molecule has 0 atom stereocenters. The number of fused-ring (bicyclic) bond motifs is 1. The Morgan fingerprint density at radius 1 is 1.18 bits per heavy atom. The highest BCUT2D eigenvalue weighted by Gasteiger charge is 2.20. The molecule has 0 unspecified atom stereocenters. The minimum atomic E-state index is 0.0350. The summed E-state index contributed by atoms with van der Waals surface area (Å²) in [5, 5.41) is 1.40. The summed E-state index contributed by atoms with van der Waals surface area (Å²) in [5.41, 5.74) is 0.869. The van der Waals surface area contributed by atoms with Crippen LogP contribution in [0.15, 0.2) is 47.4 Å². The van der Waals surface area contributed by atoms with Gasteiger partial charge in [-0.1, -0.05) is 22.9 Å². The maximum Gasteiger partial charge on any atom is 0.239 e. The third kappa shape index (κ3) is 5.38. The Morgan fingerprint density at radius 3 is 2.61 bits per heavy atom. The quantitative estimate of drug-likeness (QED) is 0.482. The molecular weight excluding hydrogens is 414 g/mol. The van der Waals surface area contributed by atoms with Gasteiger partial charge in [0.05, 0.1) is 23.1 Å². The molecule has 1 aromatic heterocycles. The van der Waals surface area contributed by atoms with Crippen molar-refractivity contribution in [1.29, 1.82) is 0 Å². The van der Waals surface area contributed by atoms with Crippen LogP contribution in [0.3, 0.4) is 0 Å². The number of anilines is 1. The molecule has 28 heavy (non-hydrogen) atoms. The van der Waals surface area contributed by atoms with E-state index in [4.69, 9.17) is 16.3 Å². The molecule has 0 radical (unpaired) electrons. The number of carbonyl (C=O) groups is 1. The Morgan fingerprint density at radius 2 is 1.93 bits per heavy atom. The number of aromatic nitrogens is 1. The molecule has 0 aliphatic carbocycles. The van der Waals surface area contributed by atoms with Crippen LogP contribution >= 0.6 is 34.7 Å². The van der Waals surface area contributed by atoms with Crippen LogP contribution in [-0.2, 0) is 4.79 Å². The zero-order valence-electron chi connectivity index (χ0n) is 16.0. The number of thioether (sulfide) groups is 1. The first-order valence-electron chi connectivity index (χ1n) is 8.74. The summed E-state index contributed by atoms with van der Waals surface area (Å²) in [6.45, 7) is 1.35. The standard InChI is InChI=1S/C20H22ClN3O2S2/c1-23(2)10-11-24(19(25)13-27-16-7-4-14(21)5-8-16)20-22-17-9-6-15(26-3)12-18(17)28-20/h4-9,12H,10-11,13H2,1-3H3. The highest BCUT2D eigenvalue weighted by atomic mass is 35.5. The molecule has 0 bridgehead atoms. The molecule has 0 spiro atoms. The lowest BCUT2D eigenvalue weighted by Gasteiger charge is -2.21. The van der Waals surface area contributed by atoms with Crippen LogP contribution in [0.25, 0.3) is 10.2 Å². The van der Waals surface area contributed by atoms with Crippen LogP contribution in [0.2, 0.25) is 5.02 Å². The fourth-order valence-corrected chi connectivity index (χ4v) is 4.45. The fraction of sp³-hybridized carbons (Fsp3) is 0.300. The number of nitrogens with zero attached hydrogens (tertiary/aromatic N) is 3.